The molecule has 1 spiro atoms. The second-order valence-electron chi connectivity index (χ2n) is 13.0. The summed E-state index contributed by atoms with van der Waals surface area (Å²) in [5, 5.41) is 0. The highest BCUT2D eigenvalue weighted by Gasteiger charge is 2.58. The molecule has 43 heavy (non-hydrogen) atoms. The van der Waals surface area contributed by atoms with Crippen LogP contribution in [0.25, 0.3) is 0 Å². The van der Waals surface area contributed by atoms with E-state index in [0.29, 0.717) is 0 Å². The Balaban J connectivity index is 1.42. The Hall–Kier alpha value is -4.82. The third-order valence-corrected chi connectivity index (χ3v) is 10.9. The van der Waals surface area contributed by atoms with E-state index in [9.17, 15) is 0 Å². The third-order valence-electron chi connectivity index (χ3n) is 10.9. The fourth-order valence-electron chi connectivity index (χ4n) is 9.67. The van der Waals surface area contributed by atoms with Gasteiger partial charge in [0.1, 0.15) is 0 Å². The maximum absolute atomic E-state index is 2.62. The standard InChI is InChI=1S/C41H30BN/c1-24-22-25(2)39(26(3)23-24)42-33-17-9-11-19-36(33)43-35-18-10-8-16-32(35)41-30-14-6-4-12-27(30)37(28-13-5-7-15-31(28)41)29-20-21-34(42)40(43)38(29)41/h4-23,37H,1-3H3. The van der Waals surface area contributed by atoms with Gasteiger partial charge in [-0.2, -0.15) is 0 Å². The molecule has 0 saturated heterocycles. The zero-order chi connectivity index (χ0) is 28.6. The molecule has 11 rings (SSSR count). The van der Waals surface area contributed by atoms with Crippen molar-refractivity contribution in [1.29, 1.82) is 0 Å². The quantitative estimate of drug-likeness (QED) is 0.194. The molecule has 3 aliphatic carbocycles. The molecule has 6 aromatic carbocycles. The molecule has 0 amide bonds. The topological polar surface area (TPSA) is 3.24 Å². The largest absolute Gasteiger partial charge is 0.311 e. The van der Waals surface area contributed by atoms with Crippen molar-refractivity contribution in [2.45, 2.75) is 32.1 Å². The highest BCUT2D eigenvalue weighted by Crippen LogP contribution is 2.67. The number of nitrogens with zero attached hydrogens (tertiary/aromatic N) is 1. The number of hydrogen-bond donors (Lipinski definition) is 0. The lowest BCUT2D eigenvalue weighted by molar-refractivity contribution is 0.623. The Morgan fingerprint density at radius 2 is 1.14 bits per heavy atom. The van der Waals surface area contributed by atoms with Crippen LogP contribution in [-0.4, -0.2) is 6.71 Å². The smallest absolute Gasteiger partial charge is 0.247 e. The normalized spacial score (nSPS) is 19.3. The molecule has 1 nitrogen and oxygen atoms in total. The van der Waals surface area contributed by atoms with Gasteiger partial charge in [0, 0.05) is 17.3 Å². The van der Waals surface area contributed by atoms with Gasteiger partial charge in [-0.15, -0.1) is 0 Å². The van der Waals surface area contributed by atoms with Crippen molar-refractivity contribution in [2.24, 2.45) is 0 Å². The maximum Gasteiger partial charge on any atom is 0.247 e. The highest BCUT2D eigenvalue weighted by atomic mass is 15.2. The second kappa shape index (κ2) is 7.96. The summed E-state index contributed by atoms with van der Waals surface area (Å²) in [7, 11) is 0. The molecule has 2 heteroatoms. The Morgan fingerprint density at radius 1 is 0.558 bits per heavy atom. The predicted octanol–water partition coefficient (Wildman–Crippen LogP) is 7.41. The summed E-state index contributed by atoms with van der Waals surface area (Å²) in [6.07, 6.45) is 0. The molecule has 0 unspecified atom stereocenters. The van der Waals surface area contributed by atoms with E-state index in [2.05, 4.69) is 147 Å². The molecular formula is C41H30BN. The van der Waals surface area contributed by atoms with Gasteiger partial charge < -0.3 is 4.90 Å². The van der Waals surface area contributed by atoms with Crippen molar-refractivity contribution >= 4 is 40.2 Å². The van der Waals surface area contributed by atoms with Gasteiger partial charge in [-0.1, -0.05) is 131 Å². The fourth-order valence-corrected chi connectivity index (χ4v) is 9.67. The number of para-hydroxylation sites is 2. The minimum atomic E-state index is -0.357. The SMILES string of the molecule is Cc1cc(C)c(B2c3ccccc3N3c4ccccc4C45c6ccccc6C(c6ccccc64)c4ccc2c3c45)c(C)c1. The van der Waals surface area contributed by atoms with Crippen molar-refractivity contribution in [3.8, 4) is 0 Å². The molecule has 6 aromatic rings. The van der Waals surface area contributed by atoms with Crippen LogP contribution in [0, 0.1) is 20.8 Å². The lowest BCUT2D eigenvalue weighted by atomic mass is 9.33. The van der Waals surface area contributed by atoms with E-state index in [0.717, 1.165) is 0 Å². The Morgan fingerprint density at radius 3 is 1.84 bits per heavy atom. The first-order valence-electron chi connectivity index (χ1n) is 15.5. The molecule has 2 aliphatic heterocycles. The molecule has 0 aromatic heterocycles. The second-order valence-corrected chi connectivity index (χ2v) is 13.0. The van der Waals surface area contributed by atoms with Crippen molar-refractivity contribution in [3.05, 3.63) is 177 Å². The number of fused-ring (bicyclic) bond motifs is 4. The molecule has 0 fully saturated rings. The van der Waals surface area contributed by atoms with Gasteiger partial charge in [-0.25, -0.2) is 0 Å². The third kappa shape index (κ3) is 2.63. The molecule has 0 atom stereocenters. The fraction of sp³-hybridized carbons (Fsp3) is 0.122. The van der Waals surface area contributed by atoms with Gasteiger partial charge in [0.25, 0.3) is 0 Å². The van der Waals surface area contributed by atoms with E-state index in [-0.39, 0.29) is 18.0 Å². The van der Waals surface area contributed by atoms with Gasteiger partial charge in [0.05, 0.1) is 11.1 Å². The van der Waals surface area contributed by atoms with Crippen molar-refractivity contribution < 1.29 is 0 Å². The van der Waals surface area contributed by atoms with Crippen LogP contribution < -0.4 is 21.3 Å². The van der Waals surface area contributed by atoms with Crippen LogP contribution in [-0.2, 0) is 5.41 Å². The predicted molar refractivity (Wildman–Crippen MR) is 179 cm³/mol. The number of aryl methyl sites for hydroxylation is 3. The lowest BCUT2D eigenvalue weighted by Crippen LogP contribution is -2.61. The van der Waals surface area contributed by atoms with Crippen LogP contribution in [0.4, 0.5) is 17.1 Å². The first-order chi connectivity index (χ1) is 21.1. The van der Waals surface area contributed by atoms with Crippen LogP contribution in [0.5, 0.6) is 0 Å². The molecule has 0 radical (unpaired) electrons. The summed E-state index contributed by atoms with van der Waals surface area (Å²) in [5.41, 5.74) is 22.1. The van der Waals surface area contributed by atoms with Crippen molar-refractivity contribution in [1.82, 2.24) is 0 Å². The number of rotatable bonds is 1. The molecule has 202 valence electrons. The molecule has 0 N–H and O–H groups in total. The Labute approximate surface area is 253 Å². The summed E-state index contributed by atoms with van der Waals surface area (Å²) < 4.78 is 0. The summed E-state index contributed by atoms with van der Waals surface area (Å²) in [4.78, 5) is 2.62. The van der Waals surface area contributed by atoms with E-state index >= 15 is 0 Å². The first kappa shape index (κ1) is 23.7. The van der Waals surface area contributed by atoms with Gasteiger partial charge >= 0.3 is 0 Å². The zero-order valence-corrected chi connectivity index (χ0v) is 24.6. The van der Waals surface area contributed by atoms with Gasteiger partial charge in [-0.05, 0) is 82.8 Å². The van der Waals surface area contributed by atoms with E-state index in [1.807, 2.05) is 0 Å². The summed E-state index contributed by atoms with van der Waals surface area (Å²) in [6, 6.07) is 46.6. The van der Waals surface area contributed by atoms with E-state index in [1.54, 1.807) is 0 Å². The van der Waals surface area contributed by atoms with Crippen LogP contribution >= 0.6 is 0 Å². The van der Waals surface area contributed by atoms with Gasteiger partial charge in [0.2, 0.25) is 6.71 Å². The van der Waals surface area contributed by atoms with E-state index < -0.39 is 0 Å². The molecule has 5 aliphatic rings. The maximum atomic E-state index is 2.62. The molecule has 2 heterocycles. The van der Waals surface area contributed by atoms with Crippen LogP contribution in [0.1, 0.15) is 61.6 Å². The average Bonchev–Trinajstić information content (AvgIpc) is 3.03. The summed E-state index contributed by atoms with van der Waals surface area (Å²) >= 11 is 0. The highest BCUT2D eigenvalue weighted by molar-refractivity contribution is 6.98. The van der Waals surface area contributed by atoms with Crippen LogP contribution in [0.15, 0.2) is 121 Å². The number of hydrogen-bond acceptors (Lipinski definition) is 1. The first-order valence-corrected chi connectivity index (χ1v) is 15.5. The number of benzene rings is 6. The van der Waals surface area contributed by atoms with Gasteiger partial charge in [0.15, 0.2) is 0 Å². The Bertz CT molecular complexity index is 2140. The lowest BCUT2D eigenvalue weighted by Gasteiger charge is -2.57. The van der Waals surface area contributed by atoms with E-state index in [1.165, 1.54) is 89.1 Å². The van der Waals surface area contributed by atoms with Crippen molar-refractivity contribution in [2.75, 3.05) is 4.90 Å². The molecular weight excluding hydrogens is 517 g/mol. The Kier molecular flexibility index (Phi) is 4.39. The van der Waals surface area contributed by atoms with Gasteiger partial charge in [-0.3, -0.25) is 0 Å². The minimum absolute atomic E-state index is 0.168. The monoisotopic (exact) mass is 547 g/mol. The minimum Gasteiger partial charge on any atom is -0.311 e. The van der Waals surface area contributed by atoms with Crippen molar-refractivity contribution in [3.63, 3.8) is 0 Å². The molecule has 0 saturated carbocycles. The van der Waals surface area contributed by atoms with Crippen LogP contribution in [0.2, 0.25) is 0 Å². The summed E-state index contributed by atoms with van der Waals surface area (Å²) in [5.74, 6) is 0.236. The van der Waals surface area contributed by atoms with E-state index in [4.69, 9.17) is 0 Å². The average molecular weight is 548 g/mol. The summed E-state index contributed by atoms with van der Waals surface area (Å²) in [6.45, 7) is 7.00. The molecule has 2 bridgehead atoms. The zero-order valence-electron chi connectivity index (χ0n) is 24.6. The number of anilines is 3. The van der Waals surface area contributed by atoms with Crippen LogP contribution in [0.3, 0.4) is 0 Å².